The van der Waals surface area contributed by atoms with E-state index in [1.165, 1.54) is 12.1 Å². The number of nitrogens with zero attached hydrogens (tertiary/aromatic N) is 1. The van der Waals surface area contributed by atoms with Gasteiger partial charge in [-0.3, -0.25) is 5.32 Å². The molecule has 4 heteroatoms. The van der Waals surface area contributed by atoms with Gasteiger partial charge in [-0.2, -0.15) is 5.26 Å². The number of benzene rings is 1. The Balaban J connectivity index is 2.21. The van der Waals surface area contributed by atoms with E-state index in [4.69, 9.17) is 5.26 Å². The summed E-state index contributed by atoms with van der Waals surface area (Å²) in [6.45, 7) is 0. The number of aromatic hydroxyl groups is 1. The van der Waals surface area contributed by atoms with Crippen LogP contribution in [-0.2, 0) is 0 Å². The molecule has 0 radical (unpaired) electrons. The molecule has 1 aromatic carbocycles. The molecule has 1 unspecified atom stereocenters. The highest BCUT2D eigenvalue weighted by Gasteiger charge is 2.25. The monoisotopic (exact) mass is 206 g/mol. The topological polar surface area (TPSA) is 56.0 Å². The number of halogens is 1. The van der Waals surface area contributed by atoms with Crippen LogP contribution in [0.1, 0.15) is 24.4 Å². The van der Waals surface area contributed by atoms with Gasteiger partial charge in [0.1, 0.15) is 17.6 Å². The number of nitriles is 1. The molecule has 1 saturated carbocycles. The average Bonchev–Trinajstić information content (AvgIpc) is 2.96. The van der Waals surface area contributed by atoms with Crippen molar-refractivity contribution in [3.05, 3.63) is 29.6 Å². The lowest BCUT2D eigenvalue weighted by molar-refractivity contribution is 0.466. The van der Waals surface area contributed by atoms with Crippen molar-refractivity contribution in [2.75, 3.05) is 0 Å². The van der Waals surface area contributed by atoms with Crippen LogP contribution in [0.5, 0.6) is 5.75 Å². The SMILES string of the molecule is N#CC(NC1CC1)c1cc(O)cc(F)c1. The molecule has 2 N–H and O–H groups in total. The summed E-state index contributed by atoms with van der Waals surface area (Å²) in [5, 5.41) is 21.2. The molecule has 1 fully saturated rings. The third-order valence-electron chi connectivity index (χ3n) is 2.35. The Morgan fingerprint density at radius 2 is 2.20 bits per heavy atom. The summed E-state index contributed by atoms with van der Waals surface area (Å²) in [5.41, 5.74) is 0.474. The second-order valence-electron chi connectivity index (χ2n) is 3.75. The first kappa shape index (κ1) is 9.94. The first-order valence-electron chi connectivity index (χ1n) is 4.84. The number of rotatable bonds is 3. The standard InChI is InChI=1S/C11H11FN2O/c12-8-3-7(4-10(15)5-8)11(6-13)14-9-1-2-9/h3-5,9,11,14-15H,1-2H2. The van der Waals surface area contributed by atoms with E-state index in [-0.39, 0.29) is 5.75 Å². The van der Waals surface area contributed by atoms with Crippen LogP contribution < -0.4 is 5.32 Å². The van der Waals surface area contributed by atoms with Crippen molar-refractivity contribution in [1.82, 2.24) is 5.32 Å². The zero-order chi connectivity index (χ0) is 10.8. The van der Waals surface area contributed by atoms with E-state index in [0.29, 0.717) is 11.6 Å². The molecule has 2 rings (SSSR count). The van der Waals surface area contributed by atoms with Gasteiger partial charge < -0.3 is 5.11 Å². The van der Waals surface area contributed by atoms with Crippen LogP contribution in [0.4, 0.5) is 4.39 Å². The van der Waals surface area contributed by atoms with Crippen LogP contribution in [0.2, 0.25) is 0 Å². The second kappa shape index (κ2) is 3.87. The molecule has 0 heterocycles. The Hall–Kier alpha value is -1.60. The molecule has 3 nitrogen and oxygen atoms in total. The summed E-state index contributed by atoms with van der Waals surface area (Å²) in [7, 11) is 0. The summed E-state index contributed by atoms with van der Waals surface area (Å²) in [6, 6.07) is 5.57. The Bertz CT molecular complexity index is 389. The molecular weight excluding hydrogens is 195 g/mol. The Kier molecular flexibility index (Phi) is 2.57. The number of hydrogen-bond donors (Lipinski definition) is 2. The number of phenolic OH excluding ortho intramolecular Hbond substituents is 1. The predicted molar refractivity (Wildman–Crippen MR) is 52.6 cm³/mol. The van der Waals surface area contributed by atoms with Gasteiger partial charge in [-0.1, -0.05) is 0 Å². The van der Waals surface area contributed by atoms with Gasteiger partial charge in [-0.05, 0) is 30.5 Å². The minimum Gasteiger partial charge on any atom is -0.508 e. The number of phenols is 1. The molecule has 15 heavy (non-hydrogen) atoms. The Morgan fingerprint density at radius 1 is 1.47 bits per heavy atom. The molecule has 0 aromatic heterocycles. The van der Waals surface area contributed by atoms with Gasteiger partial charge in [-0.25, -0.2) is 4.39 Å². The van der Waals surface area contributed by atoms with Crippen LogP contribution in [0.15, 0.2) is 18.2 Å². The molecule has 0 amide bonds. The molecule has 0 saturated heterocycles. The normalized spacial score (nSPS) is 17.1. The maximum atomic E-state index is 13.0. The summed E-state index contributed by atoms with van der Waals surface area (Å²) in [5.74, 6) is -0.675. The van der Waals surface area contributed by atoms with Crippen LogP contribution in [0, 0.1) is 17.1 Å². The highest BCUT2D eigenvalue weighted by molar-refractivity contribution is 5.33. The zero-order valence-electron chi connectivity index (χ0n) is 8.07. The fourth-order valence-corrected chi connectivity index (χ4v) is 1.46. The fourth-order valence-electron chi connectivity index (χ4n) is 1.46. The van der Waals surface area contributed by atoms with Crippen molar-refractivity contribution < 1.29 is 9.50 Å². The minimum atomic E-state index is -0.543. The van der Waals surface area contributed by atoms with E-state index < -0.39 is 11.9 Å². The second-order valence-corrected chi connectivity index (χ2v) is 3.75. The lowest BCUT2D eigenvalue weighted by atomic mass is 10.1. The lowest BCUT2D eigenvalue weighted by Gasteiger charge is -2.11. The molecule has 0 aliphatic heterocycles. The Labute approximate surface area is 87.2 Å². The van der Waals surface area contributed by atoms with Gasteiger partial charge in [0.15, 0.2) is 0 Å². The first-order chi connectivity index (χ1) is 7.19. The van der Waals surface area contributed by atoms with Gasteiger partial charge in [0, 0.05) is 12.1 Å². The van der Waals surface area contributed by atoms with Crippen molar-refractivity contribution in [2.45, 2.75) is 24.9 Å². The molecule has 0 spiro atoms. The summed E-state index contributed by atoms with van der Waals surface area (Å²) in [6.07, 6.45) is 2.11. The first-order valence-corrected chi connectivity index (χ1v) is 4.84. The van der Waals surface area contributed by atoms with Crippen molar-refractivity contribution in [1.29, 1.82) is 5.26 Å². The molecule has 1 aromatic rings. The highest BCUT2D eigenvalue weighted by atomic mass is 19.1. The van der Waals surface area contributed by atoms with E-state index in [9.17, 15) is 9.50 Å². The smallest absolute Gasteiger partial charge is 0.127 e. The molecule has 1 aliphatic carbocycles. The molecule has 78 valence electrons. The van der Waals surface area contributed by atoms with Gasteiger partial charge in [-0.15, -0.1) is 0 Å². The average molecular weight is 206 g/mol. The van der Waals surface area contributed by atoms with E-state index >= 15 is 0 Å². The minimum absolute atomic E-state index is 0.150. The van der Waals surface area contributed by atoms with Crippen molar-refractivity contribution >= 4 is 0 Å². The number of hydrogen-bond acceptors (Lipinski definition) is 3. The summed E-state index contributed by atoms with van der Waals surface area (Å²) in [4.78, 5) is 0. The third kappa shape index (κ3) is 2.45. The van der Waals surface area contributed by atoms with Gasteiger partial charge in [0.05, 0.1) is 6.07 Å². The largest absolute Gasteiger partial charge is 0.508 e. The molecule has 1 atom stereocenters. The van der Waals surface area contributed by atoms with Crippen LogP contribution in [0.3, 0.4) is 0 Å². The molecule has 0 bridgehead atoms. The van der Waals surface area contributed by atoms with E-state index in [1.807, 2.05) is 0 Å². The third-order valence-corrected chi connectivity index (χ3v) is 2.35. The Morgan fingerprint density at radius 3 is 2.73 bits per heavy atom. The van der Waals surface area contributed by atoms with E-state index in [2.05, 4.69) is 11.4 Å². The van der Waals surface area contributed by atoms with Gasteiger partial charge >= 0.3 is 0 Å². The fraction of sp³-hybridized carbons (Fsp3) is 0.364. The van der Waals surface area contributed by atoms with E-state index in [1.54, 1.807) is 0 Å². The highest BCUT2D eigenvalue weighted by Crippen LogP contribution is 2.26. The molecule has 1 aliphatic rings. The van der Waals surface area contributed by atoms with E-state index in [0.717, 1.165) is 18.9 Å². The van der Waals surface area contributed by atoms with Crippen molar-refractivity contribution in [2.24, 2.45) is 0 Å². The van der Waals surface area contributed by atoms with Crippen LogP contribution >= 0.6 is 0 Å². The maximum absolute atomic E-state index is 13.0. The summed E-state index contributed by atoms with van der Waals surface area (Å²) >= 11 is 0. The van der Waals surface area contributed by atoms with Crippen LogP contribution in [-0.4, -0.2) is 11.1 Å². The number of nitrogens with one attached hydrogen (secondary N) is 1. The van der Waals surface area contributed by atoms with Crippen molar-refractivity contribution in [3.63, 3.8) is 0 Å². The van der Waals surface area contributed by atoms with Gasteiger partial charge in [0.25, 0.3) is 0 Å². The van der Waals surface area contributed by atoms with Gasteiger partial charge in [0.2, 0.25) is 0 Å². The van der Waals surface area contributed by atoms with Crippen LogP contribution in [0.25, 0.3) is 0 Å². The molecular formula is C11H11FN2O. The predicted octanol–water partition coefficient (Wildman–Crippen LogP) is 1.85. The van der Waals surface area contributed by atoms with Crippen molar-refractivity contribution in [3.8, 4) is 11.8 Å². The maximum Gasteiger partial charge on any atom is 0.127 e. The summed E-state index contributed by atoms with van der Waals surface area (Å²) < 4.78 is 13.0. The lowest BCUT2D eigenvalue weighted by Crippen LogP contribution is -2.22. The quantitative estimate of drug-likeness (QED) is 0.793. The zero-order valence-corrected chi connectivity index (χ0v) is 8.07.